The van der Waals surface area contributed by atoms with Gasteiger partial charge in [0.15, 0.2) is 0 Å². The molecule has 1 fully saturated rings. The number of nitrogens with zero attached hydrogens (tertiary/aromatic N) is 1. The fraction of sp³-hybridized carbons (Fsp3) is 0.545. The standard InChI is InChI=1S/C11H15BrN2O.BrH/c12-5-3-11(4-6-13-8-11)9-1-2-10(15)14-7-9;/h1-2,7,13H,3-6,8H2,(H,14,15);1H. The molecule has 2 heterocycles. The molecular weight excluding hydrogens is 336 g/mol. The monoisotopic (exact) mass is 350 g/mol. The summed E-state index contributed by atoms with van der Waals surface area (Å²) in [5.41, 5.74) is 1.43. The van der Waals surface area contributed by atoms with Gasteiger partial charge in [-0.3, -0.25) is 0 Å². The van der Waals surface area contributed by atoms with Crippen LogP contribution >= 0.6 is 32.9 Å². The molecular formula is C11H16Br2N2O. The molecule has 1 unspecified atom stereocenters. The third-order valence-corrected chi connectivity index (χ3v) is 3.57. The van der Waals surface area contributed by atoms with E-state index in [-0.39, 0.29) is 28.3 Å². The van der Waals surface area contributed by atoms with Crippen LogP contribution in [0.25, 0.3) is 0 Å². The maximum Gasteiger partial charge on any atom is 0.210 e. The molecule has 2 N–H and O–H groups in total. The number of aromatic nitrogens is 1. The van der Waals surface area contributed by atoms with Crippen LogP contribution in [-0.4, -0.2) is 28.5 Å². The zero-order valence-corrected chi connectivity index (χ0v) is 12.2. The molecule has 0 radical (unpaired) electrons. The average Bonchev–Trinajstić information content (AvgIpc) is 2.69. The Morgan fingerprint density at radius 2 is 2.31 bits per heavy atom. The minimum absolute atomic E-state index is 0. The third-order valence-electron chi connectivity index (χ3n) is 3.18. The summed E-state index contributed by atoms with van der Waals surface area (Å²) in [5, 5.41) is 13.6. The Hall–Kier alpha value is -0.130. The van der Waals surface area contributed by atoms with Gasteiger partial charge in [0.25, 0.3) is 0 Å². The molecule has 1 aromatic heterocycles. The number of pyridine rings is 1. The first-order chi connectivity index (χ1) is 7.27. The average molecular weight is 352 g/mol. The van der Waals surface area contributed by atoms with E-state index in [1.165, 1.54) is 5.56 Å². The van der Waals surface area contributed by atoms with E-state index in [1.807, 2.05) is 6.07 Å². The van der Waals surface area contributed by atoms with Crippen LogP contribution in [0.3, 0.4) is 0 Å². The molecule has 90 valence electrons. The normalized spacial score (nSPS) is 24.1. The molecule has 0 spiro atoms. The quantitative estimate of drug-likeness (QED) is 0.822. The van der Waals surface area contributed by atoms with Crippen LogP contribution in [0, 0.1) is 0 Å². The zero-order valence-electron chi connectivity index (χ0n) is 8.95. The number of nitrogens with one attached hydrogen (secondary N) is 1. The van der Waals surface area contributed by atoms with Crippen LogP contribution < -0.4 is 5.32 Å². The lowest BCUT2D eigenvalue weighted by atomic mass is 9.78. The fourth-order valence-corrected chi connectivity index (χ4v) is 2.99. The van der Waals surface area contributed by atoms with Crippen molar-refractivity contribution in [2.75, 3.05) is 18.4 Å². The summed E-state index contributed by atoms with van der Waals surface area (Å²) in [4.78, 5) is 3.96. The number of hydrogen-bond acceptors (Lipinski definition) is 3. The second-order valence-electron chi connectivity index (χ2n) is 4.05. The Morgan fingerprint density at radius 1 is 1.50 bits per heavy atom. The van der Waals surface area contributed by atoms with Crippen LogP contribution in [0.15, 0.2) is 18.3 Å². The van der Waals surface area contributed by atoms with Crippen molar-refractivity contribution in [3.63, 3.8) is 0 Å². The summed E-state index contributed by atoms with van der Waals surface area (Å²) in [6, 6.07) is 3.65. The fourth-order valence-electron chi connectivity index (χ4n) is 2.23. The topological polar surface area (TPSA) is 45.1 Å². The highest BCUT2D eigenvalue weighted by atomic mass is 79.9. The van der Waals surface area contributed by atoms with Crippen molar-refractivity contribution in [1.29, 1.82) is 0 Å². The third kappa shape index (κ3) is 2.76. The molecule has 0 bridgehead atoms. The Labute approximate surface area is 115 Å². The van der Waals surface area contributed by atoms with Gasteiger partial charge in [-0.2, -0.15) is 0 Å². The molecule has 0 aromatic carbocycles. The minimum Gasteiger partial charge on any atom is -0.493 e. The highest BCUT2D eigenvalue weighted by molar-refractivity contribution is 9.09. The second kappa shape index (κ2) is 5.98. The van der Waals surface area contributed by atoms with E-state index in [1.54, 1.807) is 12.3 Å². The predicted octanol–water partition coefficient (Wildman–Crippen LogP) is 2.38. The zero-order chi connectivity index (χ0) is 10.7. The highest BCUT2D eigenvalue weighted by Gasteiger charge is 2.34. The lowest BCUT2D eigenvalue weighted by molar-refractivity contribution is 0.439. The van der Waals surface area contributed by atoms with Gasteiger partial charge < -0.3 is 10.4 Å². The summed E-state index contributed by atoms with van der Waals surface area (Å²) in [5.74, 6) is 0.0960. The smallest absolute Gasteiger partial charge is 0.210 e. The molecule has 1 aliphatic heterocycles. The molecule has 5 heteroatoms. The molecule has 0 amide bonds. The maximum atomic E-state index is 9.18. The first-order valence-electron chi connectivity index (χ1n) is 5.19. The van der Waals surface area contributed by atoms with Gasteiger partial charge in [-0.25, -0.2) is 4.98 Å². The summed E-state index contributed by atoms with van der Waals surface area (Å²) in [6.45, 7) is 2.07. The summed E-state index contributed by atoms with van der Waals surface area (Å²) in [6.07, 6.45) is 4.04. The van der Waals surface area contributed by atoms with Gasteiger partial charge in [-0.1, -0.05) is 22.0 Å². The van der Waals surface area contributed by atoms with Gasteiger partial charge in [0, 0.05) is 29.6 Å². The Balaban J connectivity index is 0.00000128. The molecule has 0 saturated carbocycles. The Bertz CT molecular complexity index is 323. The van der Waals surface area contributed by atoms with Gasteiger partial charge in [0.2, 0.25) is 5.88 Å². The SMILES string of the molecule is Br.Oc1ccc(C2(CCBr)CCNC2)cn1. The van der Waals surface area contributed by atoms with E-state index in [9.17, 15) is 5.11 Å². The molecule has 1 saturated heterocycles. The van der Waals surface area contributed by atoms with Crippen molar-refractivity contribution in [3.05, 3.63) is 23.9 Å². The highest BCUT2D eigenvalue weighted by Crippen LogP contribution is 2.34. The van der Waals surface area contributed by atoms with Gasteiger partial charge in [-0.15, -0.1) is 17.0 Å². The summed E-state index contributed by atoms with van der Waals surface area (Å²) >= 11 is 3.51. The van der Waals surface area contributed by atoms with E-state index in [4.69, 9.17) is 0 Å². The van der Waals surface area contributed by atoms with Crippen molar-refractivity contribution >= 4 is 32.9 Å². The van der Waals surface area contributed by atoms with Crippen molar-refractivity contribution in [1.82, 2.24) is 10.3 Å². The number of rotatable bonds is 3. The van der Waals surface area contributed by atoms with E-state index < -0.39 is 0 Å². The number of halogens is 2. The van der Waals surface area contributed by atoms with Crippen molar-refractivity contribution in [2.24, 2.45) is 0 Å². The van der Waals surface area contributed by atoms with E-state index >= 15 is 0 Å². The molecule has 1 atom stereocenters. The first-order valence-corrected chi connectivity index (χ1v) is 6.31. The van der Waals surface area contributed by atoms with E-state index in [2.05, 4.69) is 26.2 Å². The Morgan fingerprint density at radius 3 is 2.81 bits per heavy atom. The van der Waals surface area contributed by atoms with Crippen molar-refractivity contribution in [3.8, 4) is 5.88 Å². The molecule has 2 rings (SSSR count). The van der Waals surface area contributed by atoms with Crippen LogP contribution in [0.4, 0.5) is 0 Å². The molecule has 1 aliphatic rings. The van der Waals surface area contributed by atoms with Crippen LogP contribution in [0.5, 0.6) is 5.88 Å². The van der Waals surface area contributed by atoms with Crippen LogP contribution in [-0.2, 0) is 5.41 Å². The van der Waals surface area contributed by atoms with Gasteiger partial charge in [0.1, 0.15) is 0 Å². The molecule has 0 aliphatic carbocycles. The van der Waals surface area contributed by atoms with E-state index in [0.717, 1.165) is 31.3 Å². The van der Waals surface area contributed by atoms with Gasteiger partial charge in [-0.05, 0) is 24.9 Å². The Kier molecular flexibility index (Phi) is 5.21. The lowest BCUT2D eigenvalue weighted by Gasteiger charge is -2.27. The summed E-state index contributed by atoms with van der Waals surface area (Å²) in [7, 11) is 0. The van der Waals surface area contributed by atoms with Gasteiger partial charge in [0.05, 0.1) is 0 Å². The largest absolute Gasteiger partial charge is 0.493 e. The minimum atomic E-state index is 0. The summed E-state index contributed by atoms with van der Waals surface area (Å²) < 4.78 is 0. The second-order valence-corrected chi connectivity index (χ2v) is 4.84. The van der Waals surface area contributed by atoms with Crippen molar-refractivity contribution in [2.45, 2.75) is 18.3 Å². The van der Waals surface area contributed by atoms with Crippen LogP contribution in [0.1, 0.15) is 18.4 Å². The van der Waals surface area contributed by atoms with Crippen LogP contribution in [0.2, 0.25) is 0 Å². The number of alkyl halides is 1. The van der Waals surface area contributed by atoms with Crippen molar-refractivity contribution < 1.29 is 5.11 Å². The number of aromatic hydroxyl groups is 1. The maximum absolute atomic E-state index is 9.18. The number of hydrogen-bond donors (Lipinski definition) is 2. The van der Waals surface area contributed by atoms with E-state index in [0.29, 0.717) is 0 Å². The van der Waals surface area contributed by atoms with Gasteiger partial charge >= 0.3 is 0 Å². The predicted molar refractivity (Wildman–Crippen MR) is 73.8 cm³/mol. The molecule has 3 nitrogen and oxygen atoms in total. The molecule has 1 aromatic rings. The molecule has 16 heavy (non-hydrogen) atoms. The lowest BCUT2D eigenvalue weighted by Crippen LogP contribution is -2.29. The first kappa shape index (κ1) is 13.9.